The second kappa shape index (κ2) is 6.49. The van der Waals surface area contributed by atoms with Crippen LogP contribution < -0.4 is 5.32 Å². The van der Waals surface area contributed by atoms with Crippen LogP contribution in [0.2, 0.25) is 0 Å². The molecule has 2 aromatic carbocycles. The van der Waals surface area contributed by atoms with Gasteiger partial charge in [0.15, 0.2) is 0 Å². The zero-order valence-electron chi connectivity index (χ0n) is 11.6. The molecule has 5 nitrogen and oxygen atoms in total. The van der Waals surface area contributed by atoms with Gasteiger partial charge in [-0.15, -0.1) is 5.10 Å². The molecule has 0 unspecified atom stereocenters. The van der Waals surface area contributed by atoms with Crippen molar-refractivity contribution >= 4 is 18.0 Å². The summed E-state index contributed by atoms with van der Waals surface area (Å²) in [5.41, 5.74) is 1.74. The number of carbonyl (C=O) groups excluding carboxylic acids is 1. The van der Waals surface area contributed by atoms with E-state index in [1.54, 1.807) is 6.08 Å². The second-order valence-electron chi connectivity index (χ2n) is 4.51. The van der Waals surface area contributed by atoms with Gasteiger partial charge in [-0.1, -0.05) is 53.6 Å². The van der Waals surface area contributed by atoms with Crippen LogP contribution in [0.5, 0.6) is 0 Å². The number of carbonyl (C=O) groups is 1. The minimum atomic E-state index is -0.327. The average molecular weight is 291 g/mol. The molecule has 0 aliphatic heterocycles. The highest BCUT2D eigenvalue weighted by Crippen LogP contribution is 2.18. The number of aromatic nitrogens is 2. The number of nitrogens with zero attached hydrogens (tertiary/aromatic N) is 2. The molecule has 0 spiro atoms. The number of hydrogen-bond acceptors (Lipinski definition) is 4. The number of rotatable bonds is 4. The number of anilines is 1. The first-order chi connectivity index (χ1) is 10.8. The lowest BCUT2D eigenvalue weighted by atomic mass is 10.2. The molecular formula is C17H13N3O2. The highest BCUT2D eigenvalue weighted by atomic mass is 16.4. The van der Waals surface area contributed by atoms with Crippen LogP contribution in [0.3, 0.4) is 0 Å². The Balaban J connectivity index is 1.65. The summed E-state index contributed by atoms with van der Waals surface area (Å²) in [7, 11) is 0. The predicted molar refractivity (Wildman–Crippen MR) is 83.8 cm³/mol. The van der Waals surface area contributed by atoms with Gasteiger partial charge in [-0.3, -0.25) is 10.1 Å². The third-order valence-electron chi connectivity index (χ3n) is 2.90. The van der Waals surface area contributed by atoms with Crippen LogP contribution in [0.15, 0.2) is 71.2 Å². The van der Waals surface area contributed by atoms with E-state index in [9.17, 15) is 4.79 Å². The van der Waals surface area contributed by atoms with Crippen molar-refractivity contribution in [3.63, 3.8) is 0 Å². The summed E-state index contributed by atoms with van der Waals surface area (Å²) in [4.78, 5) is 11.8. The molecule has 1 heterocycles. The van der Waals surface area contributed by atoms with Gasteiger partial charge in [-0.2, -0.15) is 0 Å². The molecular weight excluding hydrogens is 278 g/mol. The first-order valence-electron chi connectivity index (χ1n) is 6.74. The number of nitrogens with one attached hydrogen (secondary N) is 1. The molecule has 3 rings (SSSR count). The summed E-state index contributed by atoms with van der Waals surface area (Å²) >= 11 is 0. The second-order valence-corrected chi connectivity index (χ2v) is 4.51. The van der Waals surface area contributed by atoms with Gasteiger partial charge in [-0.05, 0) is 23.8 Å². The van der Waals surface area contributed by atoms with Crippen molar-refractivity contribution in [2.45, 2.75) is 0 Å². The lowest BCUT2D eigenvalue weighted by Gasteiger charge is -1.95. The molecule has 108 valence electrons. The van der Waals surface area contributed by atoms with E-state index in [1.807, 2.05) is 60.7 Å². The topological polar surface area (TPSA) is 68.0 Å². The van der Waals surface area contributed by atoms with Crippen LogP contribution >= 0.6 is 0 Å². The summed E-state index contributed by atoms with van der Waals surface area (Å²) in [5, 5.41) is 10.2. The molecule has 0 aliphatic carbocycles. The van der Waals surface area contributed by atoms with Crippen molar-refractivity contribution in [3.8, 4) is 11.5 Å². The van der Waals surface area contributed by atoms with Gasteiger partial charge >= 0.3 is 6.01 Å². The van der Waals surface area contributed by atoms with Gasteiger partial charge in [-0.25, -0.2) is 0 Å². The van der Waals surface area contributed by atoms with Crippen LogP contribution in [0, 0.1) is 0 Å². The Labute approximate surface area is 127 Å². The fourth-order valence-corrected chi connectivity index (χ4v) is 1.85. The quantitative estimate of drug-likeness (QED) is 0.748. The maximum Gasteiger partial charge on any atom is 0.322 e. The lowest BCUT2D eigenvalue weighted by Crippen LogP contribution is -2.07. The normalized spacial score (nSPS) is 10.7. The summed E-state index contributed by atoms with van der Waals surface area (Å²) in [6.07, 6.45) is 3.13. The van der Waals surface area contributed by atoms with E-state index in [2.05, 4.69) is 15.5 Å². The number of amides is 1. The van der Waals surface area contributed by atoms with Gasteiger partial charge in [0.25, 0.3) is 5.91 Å². The van der Waals surface area contributed by atoms with Gasteiger partial charge < -0.3 is 4.42 Å². The average Bonchev–Trinajstić information content (AvgIpc) is 3.03. The van der Waals surface area contributed by atoms with E-state index in [4.69, 9.17) is 4.42 Å². The summed E-state index contributed by atoms with van der Waals surface area (Å²) < 4.78 is 5.40. The molecule has 0 saturated carbocycles. The largest absolute Gasteiger partial charge is 0.403 e. The Bertz CT molecular complexity index is 780. The Morgan fingerprint density at radius 3 is 2.36 bits per heavy atom. The SMILES string of the molecule is O=C(/C=C/c1ccccc1)Nc1nnc(-c2ccccc2)o1. The summed E-state index contributed by atoms with van der Waals surface area (Å²) in [6.45, 7) is 0. The first-order valence-corrected chi connectivity index (χ1v) is 6.74. The molecule has 0 saturated heterocycles. The van der Waals surface area contributed by atoms with Crippen LogP contribution in [-0.2, 0) is 4.79 Å². The van der Waals surface area contributed by atoms with Crippen molar-refractivity contribution in [1.29, 1.82) is 0 Å². The van der Waals surface area contributed by atoms with E-state index in [-0.39, 0.29) is 11.9 Å². The molecule has 1 amide bonds. The van der Waals surface area contributed by atoms with Crippen molar-refractivity contribution in [1.82, 2.24) is 10.2 Å². The Hall–Kier alpha value is -3.21. The highest BCUT2D eigenvalue weighted by molar-refractivity contribution is 6.00. The molecule has 1 N–H and O–H groups in total. The maximum atomic E-state index is 11.8. The Kier molecular flexibility index (Phi) is 4.06. The fourth-order valence-electron chi connectivity index (χ4n) is 1.85. The van der Waals surface area contributed by atoms with E-state index in [1.165, 1.54) is 6.08 Å². The van der Waals surface area contributed by atoms with Crippen LogP contribution in [-0.4, -0.2) is 16.1 Å². The molecule has 0 fully saturated rings. The number of hydrogen-bond donors (Lipinski definition) is 1. The molecule has 0 radical (unpaired) electrons. The van der Waals surface area contributed by atoms with Gasteiger partial charge in [0, 0.05) is 11.6 Å². The van der Waals surface area contributed by atoms with E-state index in [0.29, 0.717) is 5.89 Å². The van der Waals surface area contributed by atoms with E-state index < -0.39 is 0 Å². The van der Waals surface area contributed by atoms with Crippen LogP contribution in [0.25, 0.3) is 17.5 Å². The highest BCUT2D eigenvalue weighted by Gasteiger charge is 2.09. The van der Waals surface area contributed by atoms with E-state index in [0.717, 1.165) is 11.1 Å². The Morgan fingerprint density at radius 1 is 0.955 bits per heavy atom. The summed E-state index contributed by atoms with van der Waals surface area (Å²) in [6, 6.07) is 19.0. The van der Waals surface area contributed by atoms with Crippen molar-refractivity contribution in [2.24, 2.45) is 0 Å². The lowest BCUT2D eigenvalue weighted by molar-refractivity contribution is -0.112. The first kappa shape index (κ1) is 13.8. The maximum absolute atomic E-state index is 11.8. The van der Waals surface area contributed by atoms with Crippen LogP contribution in [0.4, 0.5) is 6.01 Å². The third-order valence-corrected chi connectivity index (χ3v) is 2.90. The summed E-state index contributed by atoms with van der Waals surface area (Å²) in [5.74, 6) is 0.0371. The van der Waals surface area contributed by atoms with Crippen molar-refractivity contribution in [2.75, 3.05) is 5.32 Å². The van der Waals surface area contributed by atoms with E-state index >= 15 is 0 Å². The molecule has 0 bridgehead atoms. The third kappa shape index (κ3) is 3.46. The Morgan fingerprint density at radius 2 is 1.64 bits per heavy atom. The molecule has 0 atom stereocenters. The predicted octanol–water partition coefficient (Wildman–Crippen LogP) is 3.39. The standard InChI is InChI=1S/C17H13N3O2/c21-15(12-11-13-7-3-1-4-8-13)18-17-20-19-16(22-17)14-9-5-2-6-10-14/h1-12H,(H,18,20,21)/b12-11+. The minimum Gasteiger partial charge on any atom is -0.403 e. The smallest absolute Gasteiger partial charge is 0.322 e. The van der Waals surface area contributed by atoms with Gasteiger partial charge in [0.1, 0.15) is 0 Å². The van der Waals surface area contributed by atoms with Crippen molar-refractivity contribution in [3.05, 3.63) is 72.3 Å². The zero-order valence-corrected chi connectivity index (χ0v) is 11.6. The van der Waals surface area contributed by atoms with Gasteiger partial charge in [0.05, 0.1) is 0 Å². The number of benzene rings is 2. The monoisotopic (exact) mass is 291 g/mol. The van der Waals surface area contributed by atoms with Crippen molar-refractivity contribution < 1.29 is 9.21 Å². The molecule has 5 heteroatoms. The fraction of sp³-hybridized carbons (Fsp3) is 0. The minimum absolute atomic E-state index is 0.0709. The molecule has 22 heavy (non-hydrogen) atoms. The molecule has 0 aliphatic rings. The van der Waals surface area contributed by atoms with Crippen LogP contribution in [0.1, 0.15) is 5.56 Å². The van der Waals surface area contributed by atoms with Gasteiger partial charge in [0.2, 0.25) is 5.89 Å². The zero-order chi connectivity index (χ0) is 15.2. The molecule has 3 aromatic rings. The molecule has 1 aromatic heterocycles.